The zero-order valence-corrected chi connectivity index (χ0v) is 24.4. The molecule has 0 aliphatic heterocycles. The molecule has 0 fully saturated rings. The summed E-state index contributed by atoms with van der Waals surface area (Å²) in [7, 11) is 0. The van der Waals surface area contributed by atoms with Crippen LogP contribution in [0.15, 0.2) is 140 Å². The number of aryl methyl sites for hydroxylation is 1. The first-order chi connectivity index (χ1) is 21.8. The van der Waals surface area contributed by atoms with Crippen molar-refractivity contribution in [2.24, 2.45) is 0 Å². The minimum atomic E-state index is 0.990. The smallest absolute Gasteiger partial charge is 0.138 e. The standard InChI is InChI=1S/C41H31N3/c1-4-14-28(15-5-1)30-26-34(29-16-6-2-7-17-29)42-39(27-30)44-36-23-13-11-21-33(36)41-38(44)25-24-37-40(41)32-20-10-12-22-35(32)43(37)31-18-8-3-9-19-31/h1-10,12,14-20,22,24-27H,11,13,21,23H2. The van der Waals surface area contributed by atoms with E-state index in [0.717, 1.165) is 29.9 Å². The van der Waals surface area contributed by atoms with Gasteiger partial charge in [0.1, 0.15) is 5.82 Å². The van der Waals surface area contributed by atoms with E-state index in [2.05, 4.69) is 149 Å². The predicted molar refractivity (Wildman–Crippen MR) is 183 cm³/mol. The lowest BCUT2D eigenvalue weighted by atomic mass is 9.94. The van der Waals surface area contributed by atoms with Crippen LogP contribution in [0.4, 0.5) is 0 Å². The minimum Gasteiger partial charge on any atom is -0.309 e. The highest BCUT2D eigenvalue weighted by molar-refractivity contribution is 6.22. The molecule has 3 nitrogen and oxygen atoms in total. The maximum absolute atomic E-state index is 5.38. The molecule has 0 amide bonds. The van der Waals surface area contributed by atoms with Crippen LogP contribution in [0, 0.1) is 0 Å². The van der Waals surface area contributed by atoms with E-state index in [1.807, 2.05) is 0 Å². The second-order valence-electron chi connectivity index (χ2n) is 11.8. The van der Waals surface area contributed by atoms with E-state index in [-0.39, 0.29) is 0 Å². The van der Waals surface area contributed by atoms with E-state index < -0.39 is 0 Å². The lowest BCUT2D eigenvalue weighted by Gasteiger charge is -2.17. The van der Waals surface area contributed by atoms with Crippen LogP contribution >= 0.6 is 0 Å². The molecule has 0 unspecified atom stereocenters. The van der Waals surface area contributed by atoms with E-state index in [1.165, 1.54) is 73.6 Å². The zero-order chi connectivity index (χ0) is 29.0. The molecule has 9 rings (SSSR count). The van der Waals surface area contributed by atoms with Gasteiger partial charge in [0.2, 0.25) is 0 Å². The Morgan fingerprint density at radius 1 is 0.477 bits per heavy atom. The number of nitrogens with zero attached hydrogens (tertiary/aromatic N) is 3. The fraction of sp³-hybridized carbons (Fsp3) is 0.0976. The summed E-state index contributed by atoms with van der Waals surface area (Å²) in [6, 6.07) is 50.1. The first kappa shape index (κ1) is 25.1. The Kier molecular flexibility index (Phi) is 5.77. The Bertz CT molecular complexity index is 2250. The first-order valence-corrected chi connectivity index (χ1v) is 15.6. The van der Waals surface area contributed by atoms with Crippen molar-refractivity contribution in [2.75, 3.05) is 0 Å². The molecular formula is C41H31N3. The van der Waals surface area contributed by atoms with Crippen molar-refractivity contribution in [1.29, 1.82) is 0 Å². The van der Waals surface area contributed by atoms with Crippen molar-refractivity contribution in [2.45, 2.75) is 25.7 Å². The monoisotopic (exact) mass is 565 g/mol. The third-order valence-corrected chi connectivity index (χ3v) is 9.30. The third kappa shape index (κ3) is 3.86. The van der Waals surface area contributed by atoms with Crippen LogP contribution in [-0.2, 0) is 12.8 Å². The molecule has 0 spiro atoms. The van der Waals surface area contributed by atoms with Gasteiger partial charge >= 0.3 is 0 Å². The van der Waals surface area contributed by atoms with Crippen LogP contribution in [0.25, 0.3) is 66.6 Å². The van der Waals surface area contributed by atoms with Gasteiger partial charge in [0.25, 0.3) is 0 Å². The molecule has 3 heteroatoms. The topological polar surface area (TPSA) is 22.8 Å². The second-order valence-corrected chi connectivity index (χ2v) is 11.8. The van der Waals surface area contributed by atoms with Crippen LogP contribution in [0.3, 0.4) is 0 Å². The maximum atomic E-state index is 5.38. The van der Waals surface area contributed by atoms with E-state index >= 15 is 0 Å². The number of benzene rings is 5. The van der Waals surface area contributed by atoms with Gasteiger partial charge in [0.05, 0.1) is 22.2 Å². The normalized spacial score (nSPS) is 13.1. The molecule has 1 aliphatic carbocycles. The van der Waals surface area contributed by atoms with E-state index in [1.54, 1.807) is 0 Å². The van der Waals surface area contributed by atoms with Gasteiger partial charge in [0.15, 0.2) is 0 Å². The molecule has 3 heterocycles. The highest BCUT2D eigenvalue weighted by atomic mass is 15.1. The predicted octanol–water partition coefficient (Wildman–Crippen LogP) is 10.3. The van der Waals surface area contributed by atoms with Crippen molar-refractivity contribution in [3.05, 3.63) is 151 Å². The van der Waals surface area contributed by atoms with Crippen LogP contribution < -0.4 is 0 Å². The van der Waals surface area contributed by atoms with E-state index in [4.69, 9.17) is 4.98 Å². The van der Waals surface area contributed by atoms with Crippen LogP contribution in [0.2, 0.25) is 0 Å². The Morgan fingerprint density at radius 3 is 1.89 bits per heavy atom. The van der Waals surface area contributed by atoms with Crippen LogP contribution in [0.1, 0.15) is 24.1 Å². The molecule has 44 heavy (non-hydrogen) atoms. The van der Waals surface area contributed by atoms with Gasteiger partial charge in [-0.05, 0) is 84.8 Å². The molecule has 0 N–H and O–H groups in total. The summed E-state index contributed by atoms with van der Waals surface area (Å²) in [5, 5.41) is 4.04. The molecule has 8 aromatic rings. The van der Waals surface area contributed by atoms with Crippen molar-refractivity contribution in [3.63, 3.8) is 0 Å². The number of para-hydroxylation sites is 2. The fourth-order valence-electron chi connectivity index (χ4n) is 7.39. The van der Waals surface area contributed by atoms with Crippen molar-refractivity contribution < 1.29 is 0 Å². The van der Waals surface area contributed by atoms with Gasteiger partial charge < -0.3 is 4.57 Å². The van der Waals surface area contributed by atoms with Gasteiger partial charge in [-0.3, -0.25) is 4.57 Å². The fourth-order valence-corrected chi connectivity index (χ4v) is 7.39. The Labute approximate surface area is 256 Å². The lowest BCUT2D eigenvalue weighted by Crippen LogP contribution is -2.08. The Hall–Kier alpha value is -5.41. The van der Waals surface area contributed by atoms with Gasteiger partial charge in [0, 0.05) is 33.1 Å². The Balaban J connectivity index is 1.39. The molecule has 1 aliphatic rings. The summed E-state index contributed by atoms with van der Waals surface area (Å²) < 4.78 is 4.91. The molecular weight excluding hydrogens is 534 g/mol. The minimum absolute atomic E-state index is 0.990. The molecule has 0 bridgehead atoms. The number of hydrogen-bond acceptors (Lipinski definition) is 1. The summed E-state index contributed by atoms with van der Waals surface area (Å²) in [4.78, 5) is 5.38. The maximum Gasteiger partial charge on any atom is 0.138 e. The van der Waals surface area contributed by atoms with Crippen molar-refractivity contribution >= 4 is 32.7 Å². The zero-order valence-electron chi connectivity index (χ0n) is 24.4. The lowest BCUT2D eigenvalue weighted by molar-refractivity contribution is 0.665. The highest BCUT2D eigenvalue weighted by Gasteiger charge is 2.26. The average Bonchev–Trinajstić information content (AvgIpc) is 3.62. The summed E-state index contributed by atoms with van der Waals surface area (Å²) >= 11 is 0. The van der Waals surface area contributed by atoms with Gasteiger partial charge in [-0.1, -0.05) is 97.1 Å². The first-order valence-electron chi connectivity index (χ1n) is 15.6. The number of pyridine rings is 1. The summed E-state index contributed by atoms with van der Waals surface area (Å²) in [6.45, 7) is 0. The number of aromatic nitrogens is 3. The molecule has 0 atom stereocenters. The van der Waals surface area contributed by atoms with Crippen molar-refractivity contribution in [1.82, 2.24) is 14.1 Å². The van der Waals surface area contributed by atoms with Crippen LogP contribution in [-0.4, -0.2) is 14.1 Å². The summed E-state index contributed by atoms with van der Waals surface area (Å²) in [5.41, 5.74) is 12.3. The van der Waals surface area contributed by atoms with Gasteiger partial charge in [-0.2, -0.15) is 0 Å². The molecule has 210 valence electrons. The van der Waals surface area contributed by atoms with E-state index in [9.17, 15) is 0 Å². The second kappa shape index (κ2) is 10.1. The molecule has 0 radical (unpaired) electrons. The van der Waals surface area contributed by atoms with Crippen molar-refractivity contribution in [3.8, 4) is 33.9 Å². The SMILES string of the molecule is c1ccc(-c2cc(-c3ccccc3)nc(-n3c4c(c5c6c7ccccc7n(-c7ccccc7)c6ccc53)CCCC4)c2)cc1. The molecule has 3 aromatic heterocycles. The third-order valence-electron chi connectivity index (χ3n) is 9.30. The van der Waals surface area contributed by atoms with Gasteiger partial charge in [-0.15, -0.1) is 0 Å². The summed E-state index contributed by atoms with van der Waals surface area (Å²) in [6.07, 6.45) is 4.56. The molecule has 0 saturated heterocycles. The quantitative estimate of drug-likeness (QED) is 0.208. The van der Waals surface area contributed by atoms with Gasteiger partial charge in [-0.25, -0.2) is 4.98 Å². The largest absolute Gasteiger partial charge is 0.309 e. The molecule has 5 aromatic carbocycles. The summed E-state index contributed by atoms with van der Waals surface area (Å²) in [5.74, 6) is 0.990. The Morgan fingerprint density at radius 2 is 1.11 bits per heavy atom. The number of fused-ring (bicyclic) bond motifs is 7. The average molecular weight is 566 g/mol. The van der Waals surface area contributed by atoms with E-state index in [0.29, 0.717) is 0 Å². The highest BCUT2D eigenvalue weighted by Crippen LogP contribution is 2.43. The molecule has 0 saturated carbocycles. The number of hydrogen-bond donors (Lipinski definition) is 0. The number of rotatable bonds is 4. The van der Waals surface area contributed by atoms with Crippen LogP contribution in [0.5, 0.6) is 0 Å².